The monoisotopic (exact) mass is 305 g/mol. The molecule has 1 aromatic rings. The zero-order valence-corrected chi connectivity index (χ0v) is 13.7. The van der Waals surface area contributed by atoms with Crippen LogP contribution in [0.1, 0.15) is 32.8 Å². The van der Waals surface area contributed by atoms with E-state index in [1.54, 1.807) is 12.4 Å². The van der Waals surface area contributed by atoms with Gasteiger partial charge in [0.15, 0.2) is 0 Å². The Hall–Kier alpha value is -1.46. The van der Waals surface area contributed by atoms with E-state index in [9.17, 15) is 9.90 Å². The van der Waals surface area contributed by atoms with Crippen LogP contribution >= 0.6 is 0 Å². The summed E-state index contributed by atoms with van der Waals surface area (Å²) in [6.45, 7) is 8.14. The van der Waals surface area contributed by atoms with Gasteiger partial charge in [-0.05, 0) is 44.9 Å². The Morgan fingerprint density at radius 1 is 1.36 bits per heavy atom. The average molecular weight is 305 g/mol. The van der Waals surface area contributed by atoms with Gasteiger partial charge in [0, 0.05) is 49.9 Å². The summed E-state index contributed by atoms with van der Waals surface area (Å²) in [6.07, 6.45) is 4.58. The fourth-order valence-electron chi connectivity index (χ4n) is 2.89. The van der Waals surface area contributed by atoms with Crippen molar-refractivity contribution in [1.82, 2.24) is 15.2 Å². The van der Waals surface area contributed by atoms with Crippen molar-refractivity contribution in [3.63, 3.8) is 0 Å². The van der Waals surface area contributed by atoms with Gasteiger partial charge in [0.05, 0.1) is 6.10 Å². The summed E-state index contributed by atoms with van der Waals surface area (Å²) in [7, 11) is 0. The maximum Gasteiger partial charge on any atom is 0.221 e. The number of carbonyl (C=O) groups excluding carboxylic acids is 1. The molecule has 1 saturated heterocycles. The molecule has 2 rings (SSSR count). The zero-order valence-electron chi connectivity index (χ0n) is 13.7. The average Bonchev–Trinajstić information content (AvgIpc) is 2.76. The summed E-state index contributed by atoms with van der Waals surface area (Å²) >= 11 is 0. The highest BCUT2D eigenvalue weighted by molar-refractivity contribution is 5.76. The molecule has 1 aliphatic heterocycles. The number of amides is 1. The van der Waals surface area contributed by atoms with Crippen molar-refractivity contribution < 1.29 is 9.90 Å². The standard InChI is InChI=1S/C17H27N3O2/c1-17(2,3)19-16(22)6-9-20-11-14(15(21)12-20)10-13-4-7-18-8-5-13/h4-5,7-8,14-15,21H,6,9-12H2,1-3H3,(H,19,22)/t14-,15+/m1/s1. The fourth-order valence-corrected chi connectivity index (χ4v) is 2.89. The first kappa shape index (κ1) is 16.9. The highest BCUT2D eigenvalue weighted by atomic mass is 16.3. The maximum atomic E-state index is 11.9. The SMILES string of the molecule is CC(C)(C)NC(=O)CCN1C[C@@H](Cc2ccncc2)[C@@H](O)C1. The van der Waals surface area contributed by atoms with Crippen LogP contribution in [-0.2, 0) is 11.2 Å². The van der Waals surface area contributed by atoms with E-state index in [1.165, 1.54) is 5.56 Å². The smallest absolute Gasteiger partial charge is 0.221 e. The molecule has 2 N–H and O–H groups in total. The molecule has 122 valence electrons. The Kier molecular flexibility index (Phi) is 5.53. The molecule has 0 bridgehead atoms. The third-order valence-corrected chi connectivity index (χ3v) is 3.90. The van der Waals surface area contributed by atoms with E-state index in [1.807, 2.05) is 32.9 Å². The lowest BCUT2D eigenvalue weighted by atomic mass is 9.97. The second-order valence-corrected chi connectivity index (χ2v) is 7.19. The van der Waals surface area contributed by atoms with Crippen LogP contribution in [-0.4, -0.2) is 52.2 Å². The van der Waals surface area contributed by atoms with Crippen LogP contribution in [0.2, 0.25) is 0 Å². The molecule has 5 heteroatoms. The van der Waals surface area contributed by atoms with Crippen molar-refractivity contribution in [3.05, 3.63) is 30.1 Å². The minimum absolute atomic E-state index is 0.0690. The van der Waals surface area contributed by atoms with Crippen molar-refractivity contribution in [2.75, 3.05) is 19.6 Å². The Bertz CT molecular complexity index is 484. The number of aliphatic hydroxyl groups excluding tert-OH is 1. The van der Waals surface area contributed by atoms with Gasteiger partial charge >= 0.3 is 0 Å². The Balaban J connectivity index is 1.77. The van der Waals surface area contributed by atoms with Gasteiger partial charge in [-0.3, -0.25) is 14.7 Å². The van der Waals surface area contributed by atoms with Crippen molar-refractivity contribution in [2.45, 2.75) is 45.3 Å². The van der Waals surface area contributed by atoms with Gasteiger partial charge in [-0.2, -0.15) is 0 Å². The summed E-state index contributed by atoms with van der Waals surface area (Å²) in [4.78, 5) is 18.1. The summed E-state index contributed by atoms with van der Waals surface area (Å²) in [6, 6.07) is 3.98. The van der Waals surface area contributed by atoms with E-state index in [0.717, 1.165) is 13.0 Å². The van der Waals surface area contributed by atoms with E-state index in [2.05, 4.69) is 15.2 Å². The third-order valence-electron chi connectivity index (χ3n) is 3.90. The number of nitrogens with one attached hydrogen (secondary N) is 1. The van der Waals surface area contributed by atoms with Crippen LogP contribution in [0.25, 0.3) is 0 Å². The first-order chi connectivity index (χ1) is 10.3. The molecule has 1 aliphatic rings. The molecule has 1 aromatic heterocycles. The number of pyridine rings is 1. The van der Waals surface area contributed by atoms with Crippen LogP contribution in [0.15, 0.2) is 24.5 Å². The molecule has 2 atom stereocenters. The highest BCUT2D eigenvalue weighted by Crippen LogP contribution is 2.21. The summed E-state index contributed by atoms with van der Waals surface area (Å²) < 4.78 is 0. The molecule has 0 unspecified atom stereocenters. The molecule has 0 radical (unpaired) electrons. The molecule has 0 aliphatic carbocycles. The number of carbonyl (C=O) groups is 1. The minimum atomic E-state index is -0.321. The predicted molar refractivity (Wildman–Crippen MR) is 86.4 cm³/mol. The van der Waals surface area contributed by atoms with Crippen LogP contribution in [0.5, 0.6) is 0 Å². The first-order valence-electron chi connectivity index (χ1n) is 7.94. The van der Waals surface area contributed by atoms with Crippen LogP contribution in [0, 0.1) is 5.92 Å². The molecule has 0 saturated carbocycles. The largest absolute Gasteiger partial charge is 0.391 e. The van der Waals surface area contributed by atoms with E-state index >= 15 is 0 Å². The van der Waals surface area contributed by atoms with E-state index in [0.29, 0.717) is 19.5 Å². The number of aliphatic hydroxyl groups is 1. The van der Waals surface area contributed by atoms with Crippen molar-refractivity contribution >= 4 is 5.91 Å². The maximum absolute atomic E-state index is 11.9. The van der Waals surface area contributed by atoms with Gasteiger partial charge in [-0.1, -0.05) is 0 Å². The normalized spacial score (nSPS) is 22.7. The fraction of sp³-hybridized carbons (Fsp3) is 0.647. The lowest BCUT2D eigenvalue weighted by Crippen LogP contribution is -2.41. The molecule has 0 spiro atoms. The predicted octanol–water partition coefficient (Wildman–Crippen LogP) is 1.22. The van der Waals surface area contributed by atoms with Gasteiger partial charge in [-0.25, -0.2) is 0 Å². The number of hydrogen-bond acceptors (Lipinski definition) is 4. The van der Waals surface area contributed by atoms with Crippen molar-refractivity contribution in [3.8, 4) is 0 Å². The number of hydrogen-bond donors (Lipinski definition) is 2. The zero-order chi connectivity index (χ0) is 16.2. The van der Waals surface area contributed by atoms with Gasteiger partial charge in [0.1, 0.15) is 0 Å². The second-order valence-electron chi connectivity index (χ2n) is 7.19. The van der Waals surface area contributed by atoms with Gasteiger partial charge in [0.2, 0.25) is 5.91 Å². The van der Waals surface area contributed by atoms with Crippen LogP contribution in [0.4, 0.5) is 0 Å². The molecular weight excluding hydrogens is 278 g/mol. The van der Waals surface area contributed by atoms with Crippen LogP contribution < -0.4 is 5.32 Å². The Morgan fingerprint density at radius 3 is 2.68 bits per heavy atom. The number of β-amino-alcohol motifs (C(OH)–C–C–N with tert-alkyl or cyclic N) is 1. The second kappa shape index (κ2) is 7.20. The topological polar surface area (TPSA) is 65.5 Å². The summed E-state index contributed by atoms with van der Waals surface area (Å²) in [5.74, 6) is 0.299. The highest BCUT2D eigenvalue weighted by Gasteiger charge is 2.31. The molecule has 22 heavy (non-hydrogen) atoms. The first-order valence-corrected chi connectivity index (χ1v) is 7.94. The van der Waals surface area contributed by atoms with Crippen LogP contribution in [0.3, 0.4) is 0 Å². The molecule has 1 amide bonds. The Labute approximate surface area is 132 Å². The van der Waals surface area contributed by atoms with E-state index in [-0.39, 0.29) is 23.5 Å². The molecular formula is C17H27N3O2. The lowest BCUT2D eigenvalue weighted by Gasteiger charge is -2.22. The molecule has 1 fully saturated rings. The number of rotatable bonds is 5. The van der Waals surface area contributed by atoms with Gasteiger partial charge in [-0.15, -0.1) is 0 Å². The third kappa shape index (κ3) is 5.39. The number of aromatic nitrogens is 1. The van der Waals surface area contributed by atoms with E-state index < -0.39 is 0 Å². The van der Waals surface area contributed by atoms with Crippen molar-refractivity contribution in [1.29, 1.82) is 0 Å². The van der Waals surface area contributed by atoms with Gasteiger partial charge in [0.25, 0.3) is 0 Å². The quantitative estimate of drug-likeness (QED) is 0.858. The Morgan fingerprint density at radius 2 is 2.05 bits per heavy atom. The number of nitrogens with zero attached hydrogens (tertiary/aromatic N) is 2. The lowest BCUT2D eigenvalue weighted by molar-refractivity contribution is -0.122. The summed E-state index contributed by atoms with van der Waals surface area (Å²) in [5, 5.41) is 13.2. The molecule has 0 aromatic carbocycles. The van der Waals surface area contributed by atoms with Crippen molar-refractivity contribution in [2.24, 2.45) is 5.92 Å². The minimum Gasteiger partial charge on any atom is -0.391 e. The van der Waals surface area contributed by atoms with E-state index in [4.69, 9.17) is 0 Å². The van der Waals surface area contributed by atoms with Gasteiger partial charge < -0.3 is 10.4 Å². The summed E-state index contributed by atoms with van der Waals surface area (Å²) in [5.41, 5.74) is 1.01. The molecule has 2 heterocycles. The molecule has 5 nitrogen and oxygen atoms in total. The number of likely N-dealkylation sites (tertiary alicyclic amines) is 1.